The van der Waals surface area contributed by atoms with Crippen LogP contribution in [0.3, 0.4) is 0 Å². The second-order valence-corrected chi connectivity index (χ2v) is 4.84. The van der Waals surface area contributed by atoms with Crippen LogP contribution in [0.4, 0.5) is 11.5 Å². The highest BCUT2D eigenvalue weighted by Gasteiger charge is 2.18. The molecule has 2 N–H and O–H groups in total. The lowest BCUT2D eigenvalue weighted by molar-refractivity contribution is -0.384. The van der Waals surface area contributed by atoms with Crippen LogP contribution in [0, 0.1) is 10.1 Å². The Morgan fingerprint density at radius 3 is 2.60 bits per heavy atom. The fraction of sp³-hybridized carbons (Fsp3) is 0.167. The van der Waals surface area contributed by atoms with Crippen molar-refractivity contribution in [1.29, 1.82) is 0 Å². The highest BCUT2D eigenvalue weighted by Crippen LogP contribution is 2.31. The summed E-state index contributed by atoms with van der Waals surface area (Å²) in [6.45, 7) is 2.40. The van der Waals surface area contributed by atoms with E-state index >= 15 is 0 Å². The summed E-state index contributed by atoms with van der Waals surface area (Å²) in [6, 6.07) is 5.84. The van der Waals surface area contributed by atoms with Gasteiger partial charge in [-0.1, -0.05) is 0 Å². The van der Waals surface area contributed by atoms with Gasteiger partial charge in [0.2, 0.25) is 0 Å². The Kier molecular flexibility index (Phi) is 3.94. The van der Waals surface area contributed by atoms with Crippen LogP contribution < -0.4 is 5.32 Å². The van der Waals surface area contributed by atoms with Crippen LogP contribution in [0.15, 0.2) is 24.3 Å². The predicted molar refractivity (Wildman–Crippen MR) is 75.3 cm³/mol. The van der Waals surface area contributed by atoms with Gasteiger partial charge in [0, 0.05) is 24.2 Å². The molecule has 0 fully saturated rings. The standard InChI is InChI=1S/C12H11N3O4S/c1-2-13-10-9(12(16)17)20-11(14-10)7-3-5-8(6-4-7)15(18)19/h3-6,13H,2H2,1H3,(H,16,17). The number of carboxylic acids is 1. The Morgan fingerprint density at radius 1 is 1.45 bits per heavy atom. The van der Waals surface area contributed by atoms with Crippen LogP contribution in [0.1, 0.15) is 16.6 Å². The lowest BCUT2D eigenvalue weighted by Gasteiger charge is -1.98. The molecule has 0 radical (unpaired) electrons. The van der Waals surface area contributed by atoms with E-state index in [1.807, 2.05) is 6.92 Å². The first-order chi connectivity index (χ1) is 9.52. The molecule has 1 aromatic heterocycles. The van der Waals surface area contributed by atoms with E-state index in [2.05, 4.69) is 10.3 Å². The third-order valence-corrected chi connectivity index (χ3v) is 3.58. The van der Waals surface area contributed by atoms with Crippen molar-refractivity contribution in [3.63, 3.8) is 0 Å². The number of nitrogens with zero attached hydrogens (tertiary/aromatic N) is 2. The molecule has 0 saturated heterocycles. The maximum Gasteiger partial charge on any atom is 0.349 e. The molecule has 0 saturated carbocycles. The molecule has 104 valence electrons. The molecule has 0 bridgehead atoms. The number of aromatic nitrogens is 1. The van der Waals surface area contributed by atoms with E-state index in [1.54, 1.807) is 12.1 Å². The third-order valence-electron chi connectivity index (χ3n) is 2.49. The van der Waals surface area contributed by atoms with E-state index in [1.165, 1.54) is 12.1 Å². The third kappa shape index (κ3) is 2.75. The van der Waals surface area contributed by atoms with Gasteiger partial charge in [-0.05, 0) is 19.1 Å². The molecule has 1 heterocycles. The fourth-order valence-electron chi connectivity index (χ4n) is 1.60. The second-order valence-electron chi connectivity index (χ2n) is 3.84. The zero-order valence-electron chi connectivity index (χ0n) is 10.5. The van der Waals surface area contributed by atoms with Gasteiger partial charge in [-0.25, -0.2) is 9.78 Å². The summed E-state index contributed by atoms with van der Waals surface area (Å²) in [5.74, 6) is -0.732. The number of benzene rings is 1. The summed E-state index contributed by atoms with van der Waals surface area (Å²) < 4.78 is 0. The number of rotatable bonds is 5. The quantitative estimate of drug-likeness (QED) is 0.648. The molecule has 0 atom stereocenters. The monoisotopic (exact) mass is 293 g/mol. The molecule has 8 heteroatoms. The van der Waals surface area contributed by atoms with Gasteiger partial charge in [-0.3, -0.25) is 10.1 Å². The molecule has 0 unspecified atom stereocenters. The highest BCUT2D eigenvalue weighted by atomic mass is 32.1. The Morgan fingerprint density at radius 2 is 2.10 bits per heavy atom. The molecule has 0 aliphatic heterocycles. The van der Waals surface area contributed by atoms with Crippen LogP contribution in [0.2, 0.25) is 0 Å². The molecular weight excluding hydrogens is 282 g/mol. The summed E-state index contributed by atoms with van der Waals surface area (Å²) in [5, 5.41) is 23.1. The van der Waals surface area contributed by atoms with Gasteiger partial charge in [0.1, 0.15) is 5.01 Å². The first-order valence-corrected chi connectivity index (χ1v) is 6.57. The number of nitro groups is 1. The van der Waals surface area contributed by atoms with E-state index in [0.29, 0.717) is 22.9 Å². The number of hydrogen-bond acceptors (Lipinski definition) is 6. The molecule has 2 rings (SSSR count). The summed E-state index contributed by atoms with van der Waals surface area (Å²) >= 11 is 1.03. The number of hydrogen-bond donors (Lipinski definition) is 2. The minimum Gasteiger partial charge on any atom is -0.477 e. The van der Waals surface area contributed by atoms with Gasteiger partial charge < -0.3 is 10.4 Å². The summed E-state index contributed by atoms with van der Waals surface area (Å²) in [6.07, 6.45) is 0. The minimum absolute atomic E-state index is 0.0179. The van der Waals surface area contributed by atoms with Gasteiger partial charge in [0.15, 0.2) is 10.7 Å². The predicted octanol–water partition coefficient (Wildman–Crippen LogP) is 2.85. The normalized spacial score (nSPS) is 10.2. The zero-order valence-corrected chi connectivity index (χ0v) is 11.3. The summed E-state index contributed by atoms with van der Waals surface area (Å²) in [4.78, 5) is 25.6. The van der Waals surface area contributed by atoms with Gasteiger partial charge in [0.05, 0.1) is 4.92 Å². The van der Waals surface area contributed by atoms with Crippen molar-refractivity contribution in [2.75, 3.05) is 11.9 Å². The van der Waals surface area contributed by atoms with Crippen molar-refractivity contribution in [2.24, 2.45) is 0 Å². The molecule has 0 aliphatic rings. The lowest BCUT2D eigenvalue weighted by Crippen LogP contribution is -2.03. The molecular formula is C12H11N3O4S. The van der Waals surface area contributed by atoms with E-state index in [9.17, 15) is 14.9 Å². The number of anilines is 1. The molecule has 20 heavy (non-hydrogen) atoms. The number of thiazole rings is 1. The SMILES string of the molecule is CCNc1nc(-c2ccc([N+](=O)[O-])cc2)sc1C(=O)O. The van der Waals surface area contributed by atoms with Crippen molar-refractivity contribution in [2.45, 2.75) is 6.92 Å². The average Bonchev–Trinajstić information content (AvgIpc) is 2.83. The first kappa shape index (κ1) is 13.9. The number of nitrogens with one attached hydrogen (secondary N) is 1. The molecule has 0 amide bonds. The fourth-order valence-corrected chi connectivity index (χ4v) is 2.49. The van der Waals surface area contributed by atoms with Crippen LogP contribution >= 0.6 is 11.3 Å². The number of aromatic carboxylic acids is 1. The lowest BCUT2D eigenvalue weighted by atomic mass is 10.2. The van der Waals surface area contributed by atoms with Crippen molar-refractivity contribution in [3.05, 3.63) is 39.3 Å². The number of carboxylic acid groups (broad SMARTS) is 1. The number of non-ortho nitro benzene ring substituents is 1. The van der Waals surface area contributed by atoms with Crippen molar-refractivity contribution >= 4 is 28.8 Å². The molecule has 0 aliphatic carbocycles. The Hall–Kier alpha value is -2.48. The van der Waals surface area contributed by atoms with Gasteiger partial charge in [-0.2, -0.15) is 0 Å². The van der Waals surface area contributed by atoms with Crippen LogP contribution in [0.5, 0.6) is 0 Å². The van der Waals surface area contributed by atoms with Crippen LogP contribution in [0.25, 0.3) is 10.6 Å². The molecule has 0 spiro atoms. The topological polar surface area (TPSA) is 105 Å². The average molecular weight is 293 g/mol. The molecule has 7 nitrogen and oxygen atoms in total. The Labute approximate surface area is 118 Å². The number of carbonyl (C=O) groups is 1. The van der Waals surface area contributed by atoms with Crippen molar-refractivity contribution in [1.82, 2.24) is 4.98 Å². The smallest absolute Gasteiger partial charge is 0.349 e. The van der Waals surface area contributed by atoms with Crippen LogP contribution in [-0.2, 0) is 0 Å². The van der Waals surface area contributed by atoms with E-state index in [-0.39, 0.29) is 10.6 Å². The van der Waals surface area contributed by atoms with E-state index in [0.717, 1.165) is 11.3 Å². The summed E-state index contributed by atoms with van der Waals surface area (Å²) in [7, 11) is 0. The van der Waals surface area contributed by atoms with E-state index < -0.39 is 10.9 Å². The molecule has 1 aromatic carbocycles. The van der Waals surface area contributed by atoms with Crippen molar-refractivity contribution < 1.29 is 14.8 Å². The maximum absolute atomic E-state index is 11.1. The minimum atomic E-state index is -1.05. The zero-order chi connectivity index (χ0) is 14.7. The highest BCUT2D eigenvalue weighted by molar-refractivity contribution is 7.17. The van der Waals surface area contributed by atoms with Gasteiger partial charge in [0.25, 0.3) is 5.69 Å². The van der Waals surface area contributed by atoms with E-state index in [4.69, 9.17) is 5.11 Å². The van der Waals surface area contributed by atoms with Crippen molar-refractivity contribution in [3.8, 4) is 10.6 Å². The van der Waals surface area contributed by atoms with Gasteiger partial charge >= 0.3 is 5.97 Å². The summed E-state index contributed by atoms with van der Waals surface area (Å²) in [5.41, 5.74) is 0.628. The van der Waals surface area contributed by atoms with Gasteiger partial charge in [-0.15, -0.1) is 11.3 Å². The molecule has 2 aromatic rings. The Balaban J connectivity index is 2.39. The first-order valence-electron chi connectivity index (χ1n) is 5.75. The van der Waals surface area contributed by atoms with Crippen LogP contribution in [-0.4, -0.2) is 27.5 Å². The second kappa shape index (κ2) is 5.66. The largest absolute Gasteiger partial charge is 0.477 e. The Bertz CT molecular complexity index is 651. The maximum atomic E-state index is 11.1. The number of nitro benzene ring substituents is 1.